The number of ether oxygens (including phenoxy) is 1. The van der Waals surface area contributed by atoms with Crippen LogP contribution < -0.4 is 4.90 Å². The van der Waals surface area contributed by atoms with Crippen molar-refractivity contribution in [1.82, 2.24) is 0 Å². The largest absolute Gasteiger partial charge is 0.449 e. The third-order valence-corrected chi connectivity index (χ3v) is 3.79. The summed E-state index contributed by atoms with van der Waals surface area (Å²) in [4.78, 5) is 26.1. The number of likely N-dealkylation sites (N-methyl/N-ethyl adjacent to an activating group) is 1. The van der Waals surface area contributed by atoms with Gasteiger partial charge in [-0.2, -0.15) is 0 Å². The van der Waals surface area contributed by atoms with E-state index in [0.717, 1.165) is 11.3 Å². The van der Waals surface area contributed by atoms with Crippen molar-refractivity contribution in [2.24, 2.45) is 0 Å². The van der Waals surface area contributed by atoms with Gasteiger partial charge in [-0.1, -0.05) is 41.9 Å². The number of benzene rings is 2. The van der Waals surface area contributed by atoms with Crippen LogP contribution in [0.1, 0.15) is 19.4 Å². The lowest BCUT2D eigenvalue weighted by molar-refractivity contribution is -0.149. The fraction of sp³-hybridized carbons (Fsp3) is 0.200. The summed E-state index contributed by atoms with van der Waals surface area (Å²) in [5, 5.41) is 0.584. The van der Waals surface area contributed by atoms with Crippen molar-refractivity contribution in [1.29, 1.82) is 0 Å². The number of hydrogen-bond acceptors (Lipinski definition) is 3. The van der Waals surface area contributed by atoms with Crippen molar-refractivity contribution >= 4 is 35.2 Å². The molecule has 5 heteroatoms. The summed E-state index contributed by atoms with van der Waals surface area (Å²) in [6, 6.07) is 16.4. The molecule has 0 saturated heterocycles. The molecule has 1 amide bonds. The molecule has 0 heterocycles. The highest BCUT2D eigenvalue weighted by atomic mass is 35.5. The normalized spacial score (nSPS) is 12.0. The van der Waals surface area contributed by atoms with Gasteiger partial charge in [-0.3, -0.25) is 4.79 Å². The summed E-state index contributed by atoms with van der Waals surface area (Å²) in [5.41, 5.74) is 1.55. The molecule has 0 saturated carbocycles. The van der Waals surface area contributed by atoms with Gasteiger partial charge in [0.2, 0.25) is 0 Å². The maximum Gasteiger partial charge on any atom is 0.331 e. The molecule has 130 valence electrons. The van der Waals surface area contributed by atoms with Gasteiger partial charge >= 0.3 is 5.97 Å². The second-order valence-electron chi connectivity index (χ2n) is 5.39. The van der Waals surface area contributed by atoms with Gasteiger partial charge in [-0.15, -0.1) is 0 Å². The number of nitrogens with zero attached hydrogens (tertiary/aromatic N) is 1. The van der Waals surface area contributed by atoms with E-state index in [2.05, 4.69) is 0 Å². The Morgan fingerprint density at radius 1 is 1.16 bits per heavy atom. The molecule has 0 bridgehead atoms. The first-order chi connectivity index (χ1) is 12.0. The molecule has 0 aliphatic heterocycles. The van der Waals surface area contributed by atoms with Crippen molar-refractivity contribution in [2.75, 3.05) is 11.4 Å². The zero-order valence-electron chi connectivity index (χ0n) is 14.2. The summed E-state index contributed by atoms with van der Waals surface area (Å²) in [5.74, 6) is -0.844. The summed E-state index contributed by atoms with van der Waals surface area (Å²) < 4.78 is 5.22. The van der Waals surface area contributed by atoms with E-state index in [-0.39, 0.29) is 5.91 Å². The molecule has 0 aromatic heterocycles. The Morgan fingerprint density at radius 2 is 1.88 bits per heavy atom. The molecule has 0 aliphatic rings. The van der Waals surface area contributed by atoms with Crippen LogP contribution in [0.3, 0.4) is 0 Å². The standard InChI is InChI=1S/C20H20ClNO3/c1-3-22(18-10-5-4-6-11-18)20(24)15(2)25-19(23)13-12-16-8-7-9-17(21)14-16/h4-15H,3H2,1-2H3/b13-12+/t15-/m1/s1. The highest BCUT2D eigenvalue weighted by molar-refractivity contribution is 6.30. The number of rotatable bonds is 6. The van der Waals surface area contributed by atoms with E-state index in [1.54, 1.807) is 36.1 Å². The van der Waals surface area contributed by atoms with Crippen molar-refractivity contribution < 1.29 is 14.3 Å². The number of para-hydroxylation sites is 1. The van der Waals surface area contributed by atoms with Gasteiger partial charge in [0.15, 0.2) is 6.10 Å². The maximum atomic E-state index is 12.5. The van der Waals surface area contributed by atoms with Crippen molar-refractivity contribution in [2.45, 2.75) is 20.0 Å². The molecule has 2 aromatic rings. The topological polar surface area (TPSA) is 46.6 Å². The minimum atomic E-state index is -0.878. The van der Waals surface area contributed by atoms with Crippen LogP contribution in [0, 0.1) is 0 Å². The Balaban J connectivity index is 1.99. The van der Waals surface area contributed by atoms with Crippen LogP contribution >= 0.6 is 11.6 Å². The van der Waals surface area contributed by atoms with E-state index >= 15 is 0 Å². The Labute approximate surface area is 152 Å². The Kier molecular flexibility index (Phi) is 6.78. The first-order valence-corrected chi connectivity index (χ1v) is 8.39. The predicted octanol–water partition coefficient (Wildman–Crippen LogP) is 4.34. The number of esters is 1. The summed E-state index contributed by atoms with van der Waals surface area (Å²) in [6.45, 7) is 3.93. The van der Waals surface area contributed by atoms with E-state index in [1.807, 2.05) is 43.3 Å². The smallest absolute Gasteiger partial charge is 0.331 e. The van der Waals surface area contributed by atoms with E-state index in [9.17, 15) is 9.59 Å². The number of amides is 1. The van der Waals surface area contributed by atoms with Crippen LogP contribution in [0.5, 0.6) is 0 Å². The van der Waals surface area contributed by atoms with Crippen LogP contribution in [-0.4, -0.2) is 24.5 Å². The number of halogens is 1. The fourth-order valence-electron chi connectivity index (χ4n) is 2.33. The quantitative estimate of drug-likeness (QED) is 0.570. The summed E-state index contributed by atoms with van der Waals surface area (Å²) in [7, 11) is 0. The molecule has 0 unspecified atom stereocenters. The Morgan fingerprint density at radius 3 is 2.52 bits per heavy atom. The van der Waals surface area contributed by atoms with Crippen molar-refractivity contribution in [3.63, 3.8) is 0 Å². The third kappa shape index (κ3) is 5.47. The SMILES string of the molecule is CCN(C(=O)[C@@H](C)OC(=O)/C=C/c1cccc(Cl)c1)c1ccccc1. The van der Waals surface area contributed by atoms with Crippen LogP contribution in [0.2, 0.25) is 5.02 Å². The second kappa shape index (κ2) is 9.04. The van der Waals surface area contributed by atoms with Gasteiger partial charge in [-0.25, -0.2) is 4.79 Å². The average molecular weight is 358 g/mol. The van der Waals surface area contributed by atoms with Crippen LogP contribution in [0.4, 0.5) is 5.69 Å². The molecule has 0 aliphatic carbocycles. The molecule has 0 N–H and O–H groups in total. The number of hydrogen-bond donors (Lipinski definition) is 0. The molecule has 0 spiro atoms. The van der Waals surface area contributed by atoms with Gasteiger partial charge in [-0.05, 0) is 49.8 Å². The Bertz CT molecular complexity index is 759. The zero-order valence-corrected chi connectivity index (χ0v) is 14.9. The molecule has 2 rings (SSSR count). The van der Waals surface area contributed by atoms with Crippen LogP contribution in [0.15, 0.2) is 60.7 Å². The molecule has 1 atom stereocenters. The monoisotopic (exact) mass is 357 g/mol. The van der Waals surface area contributed by atoms with E-state index in [4.69, 9.17) is 16.3 Å². The van der Waals surface area contributed by atoms with Gasteiger partial charge in [0.25, 0.3) is 5.91 Å². The molecule has 0 radical (unpaired) electrons. The molecule has 4 nitrogen and oxygen atoms in total. The molecular formula is C20H20ClNO3. The van der Waals surface area contributed by atoms with Crippen molar-refractivity contribution in [3.05, 3.63) is 71.3 Å². The third-order valence-electron chi connectivity index (χ3n) is 3.55. The van der Waals surface area contributed by atoms with Gasteiger partial charge in [0.1, 0.15) is 0 Å². The lowest BCUT2D eigenvalue weighted by Gasteiger charge is -2.24. The summed E-state index contributed by atoms with van der Waals surface area (Å²) in [6.07, 6.45) is 2.01. The molecule has 0 fully saturated rings. The highest BCUT2D eigenvalue weighted by Gasteiger charge is 2.23. The number of carbonyl (C=O) groups excluding carboxylic acids is 2. The lowest BCUT2D eigenvalue weighted by atomic mass is 10.2. The van der Waals surface area contributed by atoms with Gasteiger partial charge in [0.05, 0.1) is 0 Å². The van der Waals surface area contributed by atoms with E-state index < -0.39 is 12.1 Å². The van der Waals surface area contributed by atoms with E-state index in [1.165, 1.54) is 6.08 Å². The Hall–Kier alpha value is -2.59. The first-order valence-electron chi connectivity index (χ1n) is 8.02. The predicted molar refractivity (Wildman–Crippen MR) is 101 cm³/mol. The molecular weight excluding hydrogens is 338 g/mol. The minimum absolute atomic E-state index is 0.266. The molecule has 25 heavy (non-hydrogen) atoms. The minimum Gasteiger partial charge on any atom is -0.449 e. The second-order valence-corrected chi connectivity index (χ2v) is 5.82. The zero-order chi connectivity index (χ0) is 18.2. The van der Waals surface area contributed by atoms with Crippen molar-refractivity contribution in [3.8, 4) is 0 Å². The van der Waals surface area contributed by atoms with Crippen LogP contribution in [-0.2, 0) is 14.3 Å². The van der Waals surface area contributed by atoms with Gasteiger partial charge < -0.3 is 9.64 Å². The first kappa shape index (κ1) is 18.7. The summed E-state index contributed by atoms with van der Waals surface area (Å²) >= 11 is 5.89. The average Bonchev–Trinajstić information content (AvgIpc) is 2.61. The molecule has 2 aromatic carbocycles. The maximum absolute atomic E-state index is 12.5. The number of anilines is 1. The lowest BCUT2D eigenvalue weighted by Crippen LogP contribution is -2.39. The highest BCUT2D eigenvalue weighted by Crippen LogP contribution is 2.15. The van der Waals surface area contributed by atoms with Gasteiger partial charge in [0, 0.05) is 23.3 Å². The fourth-order valence-corrected chi connectivity index (χ4v) is 2.53. The van der Waals surface area contributed by atoms with E-state index in [0.29, 0.717) is 11.6 Å². The van der Waals surface area contributed by atoms with Crippen LogP contribution in [0.25, 0.3) is 6.08 Å². The number of carbonyl (C=O) groups is 2.